The van der Waals surface area contributed by atoms with Crippen molar-refractivity contribution < 1.29 is 9.18 Å². The minimum atomic E-state index is -0.737. The first-order chi connectivity index (χ1) is 9.43. The van der Waals surface area contributed by atoms with E-state index in [1.54, 1.807) is 12.1 Å². The van der Waals surface area contributed by atoms with E-state index in [0.29, 0.717) is 30.4 Å². The fourth-order valence-electron chi connectivity index (χ4n) is 3.08. The van der Waals surface area contributed by atoms with Crippen LogP contribution in [0.25, 0.3) is 0 Å². The van der Waals surface area contributed by atoms with Crippen LogP contribution >= 0.6 is 0 Å². The molecule has 0 unspecified atom stereocenters. The number of primary amides is 1. The van der Waals surface area contributed by atoms with Gasteiger partial charge in [-0.25, -0.2) is 4.39 Å². The molecular formula is C16H23FN2O. The van der Waals surface area contributed by atoms with Crippen molar-refractivity contribution >= 4 is 11.6 Å². The third-order valence-corrected chi connectivity index (χ3v) is 4.51. The Morgan fingerprint density at radius 2 is 2.05 bits per heavy atom. The number of halogens is 1. The number of carbonyl (C=O) groups is 1. The normalized spacial score (nSPS) is 26.5. The highest BCUT2D eigenvalue weighted by atomic mass is 19.1. The molecule has 20 heavy (non-hydrogen) atoms. The van der Waals surface area contributed by atoms with E-state index in [4.69, 9.17) is 5.73 Å². The van der Waals surface area contributed by atoms with E-state index in [1.165, 1.54) is 12.1 Å². The number of rotatable bonds is 4. The molecule has 3 N–H and O–H groups in total. The summed E-state index contributed by atoms with van der Waals surface area (Å²) in [7, 11) is 0. The monoisotopic (exact) mass is 278 g/mol. The molecule has 1 saturated carbocycles. The van der Waals surface area contributed by atoms with E-state index >= 15 is 0 Å². The van der Waals surface area contributed by atoms with Crippen molar-refractivity contribution in [2.24, 2.45) is 17.6 Å². The molecule has 2 rings (SSSR count). The lowest BCUT2D eigenvalue weighted by molar-refractivity contribution is -0.123. The predicted molar refractivity (Wildman–Crippen MR) is 78.7 cm³/mol. The maximum Gasteiger partial charge on any atom is 0.243 e. The molecule has 1 fully saturated rings. The predicted octanol–water partition coefficient (Wildman–Crippen LogP) is 3.31. The van der Waals surface area contributed by atoms with Gasteiger partial charge in [0, 0.05) is 5.69 Å². The Morgan fingerprint density at radius 1 is 1.40 bits per heavy atom. The number of hydrogen-bond acceptors (Lipinski definition) is 2. The average Bonchev–Trinajstić information content (AvgIpc) is 2.39. The highest BCUT2D eigenvalue weighted by Gasteiger charge is 2.40. The molecule has 0 aliphatic heterocycles. The zero-order valence-electron chi connectivity index (χ0n) is 12.2. The Hall–Kier alpha value is -1.58. The summed E-state index contributed by atoms with van der Waals surface area (Å²) in [5.74, 6) is 0.598. The van der Waals surface area contributed by atoms with Crippen LogP contribution in [0.1, 0.15) is 39.5 Å². The lowest BCUT2D eigenvalue weighted by atomic mass is 9.72. The van der Waals surface area contributed by atoms with E-state index in [1.807, 2.05) is 0 Å². The number of benzene rings is 1. The molecule has 0 atom stereocenters. The number of hydrogen-bond donors (Lipinski definition) is 2. The van der Waals surface area contributed by atoms with Crippen molar-refractivity contribution in [2.75, 3.05) is 5.32 Å². The van der Waals surface area contributed by atoms with E-state index in [0.717, 1.165) is 12.8 Å². The lowest BCUT2D eigenvalue weighted by Crippen LogP contribution is -2.53. The summed E-state index contributed by atoms with van der Waals surface area (Å²) in [6.07, 6.45) is 3.37. The second-order valence-electron chi connectivity index (χ2n) is 6.16. The van der Waals surface area contributed by atoms with Gasteiger partial charge in [0.15, 0.2) is 0 Å². The fourth-order valence-corrected chi connectivity index (χ4v) is 3.08. The molecule has 1 amide bonds. The number of nitrogens with two attached hydrogens (primary N) is 1. The molecule has 0 heterocycles. The fraction of sp³-hybridized carbons (Fsp3) is 0.562. The van der Waals surface area contributed by atoms with Crippen LogP contribution in [0.3, 0.4) is 0 Å². The minimum absolute atomic E-state index is 0.314. The van der Waals surface area contributed by atoms with Crippen molar-refractivity contribution in [1.29, 1.82) is 0 Å². The van der Waals surface area contributed by atoms with Gasteiger partial charge < -0.3 is 11.1 Å². The van der Waals surface area contributed by atoms with Gasteiger partial charge in [0.2, 0.25) is 5.91 Å². The van der Waals surface area contributed by atoms with E-state index in [2.05, 4.69) is 19.2 Å². The third kappa shape index (κ3) is 3.11. The maximum atomic E-state index is 13.3. The summed E-state index contributed by atoms with van der Waals surface area (Å²) in [4.78, 5) is 11.9. The van der Waals surface area contributed by atoms with Crippen molar-refractivity contribution in [2.45, 2.75) is 45.1 Å². The van der Waals surface area contributed by atoms with Crippen molar-refractivity contribution in [3.05, 3.63) is 30.1 Å². The topological polar surface area (TPSA) is 55.1 Å². The first-order valence-electron chi connectivity index (χ1n) is 7.26. The number of nitrogens with one attached hydrogen (secondary N) is 1. The first kappa shape index (κ1) is 14.8. The molecule has 0 saturated heterocycles. The van der Waals surface area contributed by atoms with Gasteiger partial charge in [-0.05, 0) is 55.7 Å². The molecule has 4 heteroatoms. The summed E-state index contributed by atoms with van der Waals surface area (Å²) in [6, 6.07) is 6.19. The Balaban J connectivity index is 2.14. The SMILES string of the molecule is CC(C)C1CCC(Nc2cccc(F)c2)(C(N)=O)CC1. The van der Waals surface area contributed by atoms with Gasteiger partial charge >= 0.3 is 0 Å². The van der Waals surface area contributed by atoms with Crippen LogP contribution in [-0.4, -0.2) is 11.4 Å². The van der Waals surface area contributed by atoms with Gasteiger partial charge in [0.05, 0.1) is 0 Å². The van der Waals surface area contributed by atoms with Gasteiger partial charge in [-0.1, -0.05) is 19.9 Å². The van der Waals surface area contributed by atoms with E-state index in [-0.39, 0.29) is 11.7 Å². The molecule has 1 aliphatic carbocycles. The molecule has 110 valence electrons. The largest absolute Gasteiger partial charge is 0.371 e. The minimum Gasteiger partial charge on any atom is -0.371 e. The summed E-state index contributed by atoms with van der Waals surface area (Å²) in [6.45, 7) is 4.42. The van der Waals surface area contributed by atoms with Crippen LogP contribution in [0.4, 0.5) is 10.1 Å². The summed E-state index contributed by atoms with van der Waals surface area (Å²) >= 11 is 0. The zero-order valence-corrected chi connectivity index (χ0v) is 12.2. The third-order valence-electron chi connectivity index (χ3n) is 4.51. The molecule has 0 aromatic heterocycles. The molecular weight excluding hydrogens is 255 g/mol. The quantitative estimate of drug-likeness (QED) is 0.887. The van der Waals surface area contributed by atoms with Crippen LogP contribution in [0.5, 0.6) is 0 Å². The Morgan fingerprint density at radius 3 is 2.55 bits per heavy atom. The van der Waals surface area contributed by atoms with Gasteiger partial charge in [0.1, 0.15) is 11.4 Å². The van der Waals surface area contributed by atoms with Gasteiger partial charge in [-0.2, -0.15) is 0 Å². The molecule has 1 aromatic rings. The van der Waals surface area contributed by atoms with Crippen molar-refractivity contribution in [1.82, 2.24) is 0 Å². The van der Waals surface area contributed by atoms with Gasteiger partial charge in [-0.15, -0.1) is 0 Å². The highest BCUT2D eigenvalue weighted by Crippen LogP contribution is 2.37. The first-order valence-corrected chi connectivity index (χ1v) is 7.26. The Kier molecular flexibility index (Phi) is 4.31. The summed E-state index contributed by atoms with van der Waals surface area (Å²) < 4.78 is 13.3. The molecule has 0 radical (unpaired) electrons. The molecule has 1 aromatic carbocycles. The van der Waals surface area contributed by atoms with Crippen LogP contribution in [0.2, 0.25) is 0 Å². The van der Waals surface area contributed by atoms with Crippen LogP contribution < -0.4 is 11.1 Å². The van der Waals surface area contributed by atoms with Crippen LogP contribution in [-0.2, 0) is 4.79 Å². The molecule has 0 spiro atoms. The molecule has 0 bridgehead atoms. The smallest absolute Gasteiger partial charge is 0.243 e. The van der Waals surface area contributed by atoms with Crippen molar-refractivity contribution in [3.63, 3.8) is 0 Å². The maximum absolute atomic E-state index is 13.3. The lowest BCUT2D eigenvalue weighted by Gasteiger charge is -2.40. The second-order valence-corrected chi connectivity index (χ2v) is 6.16. The summed E-state index contributed by atoms with van der Waals surface area (Å²) in [5, 5.41) is 3.18. The number of carbonyl (C=O) groups excluding carboxylic acids is 1. The van der Waals surface area contributed by atoms with Gasteiger partial charge in [0.25, 0.3) is 0 Å². The van der Waals surface area contributed by atoms with Gasteiger partial charge in [-0.3, -0.25) is 4.79 Å². The number of amides is 1. The Labute approximate surface area is 119 Å². The highest BCUT2D eigenvalue weighted by molar-refractivity contribution is 5.88. The molecule has 3 nitrogen and oxygen atoms in total. The standard InChI is InChI=1S/C16H23FN2O/c1-11(2)12-6-8-16(9-7-12,15(18)20)19-14-5-3-4-13(17)10-14/h3-5,10-12,19H,6-9H2,1-2H3,(H2,18,20). The van der Waals surface area contributed by atoms with E-state index < -0.39 is 5.54 Å². The number of anilines is 1. The van der Waals surface area contributed by atoms with E-state index in [9.17, 15) is 9.18 Å². The van der Waals surface area contributed by atoms with Crippen molar-refractivity contribution in [3.8, 4) is 0 Å². The van der Waals surface area contributed by atoms with Crippen LogP contribution in [0, 0.1) is 17.7 Å². The zero-order chi connectivity index (χ0) is 14.8. The summed E-state index contributed by atoms with van der Waals surface area (Å²) in [5.41, 5.74) is 5.49. The average molecular weight is 278 g/mol. The molecule has 1 aliphatic rings. The van der Waals surface area contributed by atoms with Crippen LogP contribution in [0.15, 0.2) is 24.3 Å². The Bertz CT molecular complexity index is 479. The second kappa shape index (κ2) is 5.81.